The van der Waals surface area contributed by atoms with E-state index in [-0.39, 0.29) is 11.7 Å². The van der Waals surface area contributed by atoms with Gasteiger partial charge in [0.2, 0.25) is 0 Å². The molecule has 0 aliphatic carbocycles. The Balaban J connectivity index is 1.96. The van der Waals surface area contributed by atoms with Crippen LogP contribution in [0.5, 0.6) is 0 Å². The minimum atomic E-state index is -0.246. The summed E-state index contributed by atoms with van der Waals surface area (Å²) in [4.78, 5) is 17.3. The van der Waals surface area contributed by atoms with Gasteiger partial charge in [-0.1, -0.05) is 6.07 Å². The van der Waals surface area contributed by atoms with E-state index >= 15 is 0 Å². The van der Waals surface area contributed by atoms with E-state index in [4.69, 9.17) is 0 Å². The first-order valence-electron chi connectivity index (χ1n) is 6.52. The van der Waals surface area contributed by atoms with E-state index in [1.165, 1.54) is 12.1 Å². The molecule has 98 valence electrons. The largest absolute Gasteiger partial charge is 0.356 e. The fourth-order valence-electron chi connectivity index (χ4n) is 2.62. The predicted molar refractivity (Wildman–Crippen MR) is 72.7 cm³/mol. The number of carbonyl (C=O) groups excluding carboxylic acids is 1. The first-order valence-corrected chi connectivity index (χ1v) is 6.52. The van der Waals surface area contributed by atoms with Gasteiger partial charge in [-0.3, -0.25) is 0 Å². The standard InChI is InChI=1S/C15H15FN2O/c16-13-2-1-12-3-6-17-15(14(12)9-13)18-7-4-11(10-19)5-8-18/h1-3,6,9-11H,4-5,7-8H2. The van der Waals surface area contributed by atoms with Crippen LogP contribution in [-0.4, -0.2) is 24.4 Å². The summed E-state index contributed by atoms with van der Waals surface area (Å²) >= 11 is 0. The van der Waals surface area contributed by atoms with Crippen LogP contribution >= 0.6 is 0 Å². The summed E-state index contributed by atoms with van der Waals surface area (Å²) in [6.07, 6.45) is 4.47. The van der Waals surface area contributed by atoms with Crippen LogP contribution in [0.25, 0.3) is 10.8 Å². The number of hydrogen-bond acceptors (Lipinski definition) is 3. The minimum Gasteiger partial charge on any atom is -0.356 e. The van der Waals surface area contributed by atoms with Crippen molar-refractivity contribution >= 4 is 22.9 Å². The molecule has 0 radical (unpaired) electrons. The fourth-order valence-corrected chi connectivity index (χ4v) is 2.62. The highest BCUT2D eigenvalue weighted by Crippen LogP contribution is 2.28. The first-order chi connectivity index (χ1) is 9.28. The molecule has 2 heterocycles. The Hall–Kier alpha value is -1.97. The van der Waals surface area contributed by atoms with E-state index in [0.717, 1.165) is 48.8 Å². The van der Waals surface area contributed by atoms with E-state index in [1.54, 1.807) is 12.3 Å². The Kier molecular flexibility index (Phi) is 3.15. The maximum atomic E-state index is 13.4. The molecule has 1 aliphatic heterocycles. The highest BCUT2D eigenvalue weighted by atomic mass is 19.1. The molecule has 1 aliphatic rings. The number of rotatable bonds is 2. The number of carbonyl (C=O) groups is 1. The lowest BCUT2D eigenvalue weighted by atomic mass is 9.98. The second-order valence-corrected chi connectivity index (χ2v) is 4.96. The van der Waals surface area contributed by atoms with Crippen molar-refractivity contribution in [3.8, 4) is 0 Å². The van der Waals surface area contributed by atoms with Crippen molar-refractivity contribution in [2.75, 3.05) is 18.0 Å². The molecular weight excluding hydrogens is 243 g/mol. The van der Waals surface area contributed by atoms with Crippen molar-refractivity contribution in [2.24, 2.45) is 5.92 Å². The van der Waals surface area contributed by atoms with E-state index < -0.39 is 0 Å². The van der Waals surface area contributed by atoms with E-state index in [9.17, 15) is 9.18 Å². The average molecular weight is 258 g/mol. The minimum absolute atomic E-state index is 0.156. The van der Waals surface area contributed by atoms with E-state index in [0.29, 0.717) is 0 Å². The summed E-state index contributed by atoms with van der Waals surface area (Å²) in [6.45, 7) is 1.60. The van der Waals surface area contributed by atoms with Gasteiger partial charge in [0.15, 0.2) is 0 Å². The quantitative estimate of drug-likeness (QED) is 0.777. The number of fused-ring (bicyclic) bond motifs is 1. The van der Waals surface area contributed by atoms with Crippen LogP contribution in [0.15, 0.2) is 30.5 Å². The third kappa shape index (κ3) is 2.30. The average Bonchev–Trinajstić information content (AvgIpc) is 2.47. The Morgan fingerprint density at radius 1 is 1.26 bits per heavy atom. The van der Waals surface area contributed by atoms with Crippen LogP contribution in [0.3, 0.4) is 0 Å². The van der Waals surface area contributed by atoms with Gasteiger partial charge in [0, 0.05) is 30.6 Å². The van der Waals surface area contributed by atoms with Crippen LogP contribution in [-0.2, 0) is 4.79 Å². The molecule has 4 heteroatoms. The molecule has 0 unspecified atom stereocenters. The molecule has 0 spiro atoms. The lowest BCUT2D eigenvalue weighted by molar-refractivity contribution is -0.111. The van der Waals surface area contributed by atoms with Crippen LogP contribution in [0.4, 0.5) is 10.2 Å². The molecule has 0 N–H and O–H groups in total. The third-order valence-electron chi connectivity index (χ3n) is 3.74. The number of nitrogens with zero attached hydrogens (tertiary/aromatic N) is 2. The van der Waals surface area contributed by atoms with Gasteiger partial charge in [0.05, 0.1) is 0 Å². The summed E-state index contributed by atoms with van der Waals surface area (Å²) in [7, 11) is 0. The maximum absolute atomic E-state index is 13.4. The second kappa shape index (κ2) is 4.96. The molecule has 3 nitrogen and oxygen atoms in total. The van der Waals surface area contributed by atoms with Gasteiger partial charge >= 0.3 is 0 Å². The van der Waals surface area contributed by atoms with Gasteiger partial charge in [-0.15, -0.1) is 0 Å². The zero-order chi connectivity index (χ0) is 13.2. The number of benzene rings is 1. The molecule has 1 saturated heterocycles. The van der Waals surface area contributed by atoms with Gasteiger partial charge in [0.25, 0.3) is 0 Å². The second-order valence-electron chi connectivity index (χ2n) is 4.96. The molecule has 0 bridgehead atoms. The third-order valence-corrected chi connectivity index (χ3v) is 3.74. The fraction of sp³-hybridized carbons (Fsp3) is 0.333. The van der Waals surface area contributed by atoms with Crippen LogP contribution in [0.2, 0.25) is 0 Å². The number of aldehydes is 1. The van der Waals surface area contributed by atoms with Crippen molar-refractivity contribution in [3.05, 3.63) is 36.3 Å². The highest BCUT2D eigenvalue weighted by Gasteiger charge is 2.20. The molecule has 0 saturated carbocycles. The predicted octanol–water partition coefficient (Wildman–Crippen LogP) is 2.79. The van der Waals surface area contributed by atoms with Crippen molar-refractivity contribution in [1.82, 2.24) is 4.98 Å². The zero-order valence-corrected chi connectivity index (χ0v) is 10.6. The SMILES string of the molecule is O=CC1CCN(c2nccc3ccc(F)cc23)CC1. The molecule has 0 amide bonds. The Labute approximate surface area is 111 Å². The first kappa shape index (κ1) is 12.1. The molecule has 1 fully saturated rings. The van der Waals surface area contributed by atoms with Crippen LogP contribution in [0.1, 0.15) is 12.8 Å². The van der Waals surface area contributed by atoms with Crippen LogP contribution in [0, 0.1) is 11.7 Å². The van der Waals surface area contributed by atoms with Gasteiger partial charge < -0.3 is 9.69 Å². The van der Waals surface area contributed by atoms with Crippen molar-refractivity contribution in [2.45, 2.75) is 12.8 Å². The monoisotopic (exact) mass is 258 g/mol. The normalized spacial score (nSPS) is 16.8. The topological polar surface area (TPSA) is 33.2 Å². The Bertz CT molecular complexity index is 606. The number of halogens is 1. The molecular formula is C15H15FN2O. The summed E-state index contributed by atoms with van der Waals surface area (Å²) in [6, 6.07) is 6.65. The number of hydrogen-bond donors (Lipinski definition) is 0. The van der Waals surface area contributed by atoms with Crippen molar-refractivity contribution in [1.29, 1.82) is 0 Å². The van der Waals surface area contributed by atoms with Gasteiger partial charge in [0.1, 0.15) is 17.9 Å². The van der Waals surface area contributed by atoms with Gasteiger partial charge in [-0.2, -0.15) is 0 Å². The Morgan fingerprint density at radius 3 is 2.79 bits per heavy atom. The van der Waals surface area contributed by atoms with E-state index in [1.807, 2.05) is 6.07 Å². The molecule has 1 aromatic carbocycles. The molecule has 3 rings (SSSR count). The number of anilines is 1. The van der Waals surface area contributed by atoms with Crippen molar-refractivity contribution in [3.63, 3.8) is 0 Å². The summed E-state index contributed by atoms with van der Waals surface area (Å²) in [5, 5.41) is 1.83. The summed E-state index contributed by atoms with van der Waals surface area (Å²) in [5.41, 5.74) is 0. The van der Waals surface area contributed by atoms with Gasteiger partial charge in [-0.05, 0) is 36.4 Å². The highest BCUT2D eigenvalue weighted by molar-refractivity contribution is 5.92. The van der Waals surface area contributed by atoms with Gasteiger partial charge in [-0.25, -0.2) is 9.37 Å². The smallest absolute Gasteiger partial charge is 0.136 e. The lowest BCUT2D eigenvalue weighted by Gasteiger charge is -2.31. The molecule has 2 aromatic rings. The molecule has 0 atom stereocenters. The van der Waals surface area contributed by atoms with Crippen molar-refractivity contribution < 1.29 is 9.18 Å². The number of aromatic nitrogens is 1. The lowest BCUT2D eigenvalue weighted by Crippen LogP contribution is -2.34. The summed E-state index contributed by atoms with van der Waals surface area (Å²) < 4.78 is 13.4. The summed E-state index contributed by atoms with van der Waals surface area (Å²) in [5.74, 6) is 0.730. The zero-order valence-electron chi connectivity index (χ0n) is 10.6. The molecule has 1 aromatic heterocycles. The maximum Gasteiger partial charge on any atom is 0.136 e. The van der Waals surface area contributed by atoms with E-state index in [2.05, 4.69) is 9.88 Å². The van der Waals surface area contributed by atoms with Crippen LogP contribution < -0.4 is 4.90 Å². The molecule has 19 heavy (non-hydrogen) atoms. The number of pyridine rings is 1. The Morgan fingerprint density at radius 2 is 2.05 bits per heavy atom. The number of piperidine rings is 1.